The maximum absolute atomic E-state index is 13.5. The summed E-state index contributed by atoms with van der Waals surface area (Å²) in [7, 11) is 1.74. The number of carbonyl (C=O) groups excluding carboxylic acids is 2. The number of thiophene rings is 1. The topological polar surface area (TPSA) is 86.0 Å². The lowest BCUT2D eigenvalue weighted by Gasteiger charge is -2.13. The van der Waals surface area contributed by atoms with Crippen molar-refractivity contribution in [3.8, 4) is 0 Å². The fourth-order valence-electron chi connectivity index (χ4n) is 3.76. The predicted molar refractivity (Wildman–Crippen MR) is 137 cm³/mol. The number of hydrogen-bond acceptors (Lipinski definition) is 6. The minimum Gasteiger partial charge on any atom is -0.347 e. The summed E-state index contributed by atoms with van der Waals surface area (Å²) in [6.07, 6.45) is 2.57. The zero-order valence-corrected chi connectivity index (χ0v) is 21.2. The van der Waals surface area contributed by atoms with E-state index >= 15 is 0 Å². The Bertz CT molecular complexity index is 1430. The van der Waals surface area contributed by atoms with E-state index in [1.807, 2.05) is 38.1 Å². The molecule has 0 spiro atoms. The first-order valence-corrected chi connectivity index (χ1v) is 12.7. The third-order valence-corrected chi connectivity index (χ3v) is 7.96. The number of nitrogens with zero attached hydrogens (tertiary/aromatic N) is 3. The van der Waals surface area contributed by atoms with Crippen LogP contribution < -0.4 is 10.9 Å². The van der Waals surface area contributed by atoms with Crippen LogP contribution in [0.15, 0.2) is 52.5 Å². The van der Waals surface area contributed by atoms with Gasteiger partial charge in [-0.25, -0.2) is 4.98 Å². The number of hydrogen-bond donors (Lipinski definition) is 1. The van der Waals surface area contributed by atoms with Crippen LogP contribution in [0.25, 0.3) is 10.2 Å². The number of thioether (sulfide) groups is 1. The van der Waals surface area contributed by atoms with E-state index in [0.717, 1.165) is 39.8 Å². The van der Waals surface area contributed by atoms with E-state index in [1.165, 1.54) is 11.3 Å². The summed E-state index contributed by atoms with van der Waals surface area (Å²) in [5.74, 6) is -0.934. The molecule has 0 aliphatic heterocycles. The normalized spacial score (nSPS) is 11.2. The quantitative estimate of drug-likeness (QED) is 0.309. The molecule has 3 aromatic heterocycles. The molecule has 0 aliphatic rings. The molecule has 4 rings (SSSR count). The Morgan fingerprint density at radius 3 is 2.53 bits per heavy atom. The van der Waals surface area contributed by atoms with Crippen molar-refractivity contribution in [3.05, 3.63) is 80.2 Å². The van der Waals surface area contributed by atoms with Crippen molar-refractivity contribution >= 4 is 45.1 Å². The molecule has 0 radical (unpaired) electrons. The molecule has 0 saturated carbocycles. The van der Waals surface area contributed by atoms with Gasteiger partial charge in [-0.1, -0.05) is 48.5 Å². The van der Waals surface area contributed by atoms with Crippen molar-refractivity contribution in [1.29, 1.82) is 0 Å². The molecule has 0 bridgehead atoms. The Labute approximate surface area is 205 Å². The molecule has 1 N–H and O–H groups in total. The van der Waals surface area contributed by atoms with E-state index in [-0.39, 0.29) is 11.3 Å². The molecule has 176 valence electrons. The van der Waals surface area contributed by atoms with Crippen LogP contribution in [0.4, 0.5) is 0 Å². The molecule has 9 heteroatoms. The van der Waals surface area contributed by atoms with Gasteiger partial charge in [-0.05, 0) is 43.5 Å². The Morgan fingerprint density at radius 2 is 1.88 bits per heavy atom. The second-order valence-electron chi connectivity index (χ2n) is 8.13. The molecule has 0 unspecified atom stereocenters. The number of fused-ring (bicyclic) bond motifs is 1. The summed E-state index contributed by atoms with van der Waals surface area (Å²) in [6, 6.07) is 11.4. The number of carbonyl (C=O) groups is 2. The smallest absolute Gasteiger partial charge is 0.274 e. The van der Waals surface area contributed by atoms with Crippen LogP contribution in [0, 0.1) is 13.8 Å². The number of imide groups is 1. The van der Waals surface area contributed by atoms with Crippen LogP contribution in [0.1, 0.15) is 39.0 Å². The highest BCUT2D eigenvalue weighted by molar-refractivity contribution is 7.99. The average Bonchev–Trinajstić information content (AvgIpc) is 3.38. The van der Waals surface area contributed by atoms with Crippen LogP contribution >= 0.6 is 23.1 Å². The van der Waals surface area contributed by atoms with Crippen LogP contribution in [0.5, 0.6) is 0 Å². The number of benzene rings is 1. The summed E-state index contributed by atoms with van der Waals surface area (Å²) in [4.78, 5) is 45.0. The number of rotatable bonds is 7. The van der Waals surface area contributed by atoms with Gasteiger partial charge in [0.05, 0.1) is 17.7 Å². The minimum atomic E-state index is -0.458. The average molecular weight is 495 g/mol. The number of aromatic nitrogens is 3. The molecule has 4 aromatic rings. The lowest BCUT2D eigenvalue weighted by molar-refractivity contribution is -0.117. The van der Waals surface area contributed by atoms with Crippen molar-refractivity contribution in [2.75, 3.05) is 5.75 Å². The summed E-state index contributed by atoms with van der Waals surface area (Å²) < 4.78 is 3.28. The highest BCUT2D eigenvalue weighted by Crippen LogP contribution is 2.29. The predicted octanol–water partition coefficient (Wildman–Crippen LogP) is 4.07. The van der Waals surface area contributed by atoms with E-state index in [1.54, 1.807) is 34.5 Å². The van der Waals surface area contributed by atoms with Crippen LogP contribution in [-0.2, 0) is 24.8 Å². The van der Waals surface area contributed by atoms with Crippen LogP contribution in [0.2, 0.25) is 0 Å². The minimum absolute atomic E-state index is 0.0347. The maximum Gasteiger partial charge on any atom is 0.274 e. The molecule has 0 aliphatic carbocycles. The molecule has 2 amide bonds. The Balaban J connectivity index is 1.63. The number of nitrogens with one attached hydrogen (secondary N) is 1. The van der Waals surface area contributed by atoms with Gasteiger partial charge < -0.3 is 4.57 Å². The SMILES string of the molecule is CCc1sc2nc(SCC(=O)NC(=O)c3cccn3C)n(Cc3ccc(C)cc3)c(=O)c2c1C. The van der Waals surface area contributed by atoms with E-state index in [4.69, 9.17) is 4.98 Å². The molecule has 0 fully saturated rings. The van der Waals surface area contributed by atoms with E-state index in [9.17, 15) is 14.4 Å². The zero-order valence-electron chi connectivity index (χ0n) is 19.5. The van der Waals surface area contributed by atoms with Crippen molar-refractivity contribution in [2.24, 2.45) is 7.05 Å². The molecule has 34 heavy (non-hydrogen) atoms. The summed E-state index contributed by atoms with van der Waals surface area (Å²) in [6.45, 7) is 6.39. The molecule has 3 heterocycles. The standard InChI is InChI=1S/C25H26N4O3S2/c1-5-19-16(3)21-23(34-19)27-25(29(24(21)32)13-17-10-8-15(2)9-11-17)33-14-20(30)26-22(31)18-7-6-12-28(18)4/h6-12H,5,13-14H2,1-4H3,(H,26,30,31). The monoisotopic (exact) mass is 494 g/mol. The molecule has 0 atom stereocenters. The Kier molecular flexibility index (Phi) is 7.04. The van der Waals surface area contributed by atoms with Crippen molar-refractivity contribution in [2.45, 2.75) is 38.9 Å². The second kappa shape index (κ2) is 9.99. The first-order valence-electron chi connectivity index (χ1n) is 10.9. The van der Waals surface area contributed by atoms with Crippen molar-refractivity contribution < 1.29 is 9.59 Å². The highest BCUT2D eigenvalue weighted by atomic mass is 32.2. The molecule has 0 saturated heterocycles. The van der Waals surface area contributed by atoms with Gasteiger partial charge >= 0.3 is 0 Å². The first-order chi connectivity index (χ1) is 16.3. The van der Waals surface area contributed by atoms with Crippen molar-refractivity contribution in [1.82, 2.24) is 19.4 Å². The fourth-order valence-corrected chi connectivity index (χ4v) is 5.72. The van der Waals surface area contributed by atoms with E-state index < -0.39 is 11.8 Å². The molecule has 7 nitrogen and oxygen atoms in total. The Hall–Kier alpha value is -3.17. The van der Waals surface area contributed by atoms with Gasteiger partial charge in [0.25, 0.3) is 11.5 Å². The highest BCUT2D eigenvalue weighted by Gasteiger charge is 2.20. The zero-order chi connectivity index (χ0) is 24.4. The first kappa shape index (κ1) is 24.0. The second-order valence-corrected chi connectivity index (χ2v) is 10.2. The largest absolute Gasteiger partial charge is 0.347 e. The van der Waals surface area contributed by atoms with Gasteiger partial charge in [0.2, 0.25) is 5.91 Å². The molecular formula is C25H26N4O3S2. The number of amides is 2. The summed E-state index contributed by atoms with van der Waals surface area (Å²) in [5, 5.41) is 3.51. The molecular weight excluding hydrogens is 468 g/mol. The van der Waals surface area contributed by atoms with Gasteiger partial charge in [0.15, 0.2) is 5.16 Å². The van der Waals surface area contributed by atoms with E-state index in [0.29, 0.717) is 27.6 Å². The Morgan fingerprint density at radius 1 is 1.15 bits per heavy atom. The van der Waals surface area contributed by atoms with Crippen molar-refractivity contribution in [3.63, 3.8) is 0 Å². The van der Waals surface area contributed by atoms with Gasteiger partial charge in [-0.3, -0.25) is 24.3 Å². The lowest BCUT2D eigenvalue weighted by Crippen LogP contribution is -2.33. The summed E-state index contributed by atoms with van der Waals surface area (Å²) in [5.41, 5.74) is 3.37. The maximum atomic E-state index is 13.5. The van der Waals surface area contributed by atoms with E-state index in [2.05, 4.69) is 12.2 Å². The third-order valence-electron chi connectivity index (χ3n) is 5.66. The van der Waals surface area contributed by atoms with Crippen LogP contribution in [-0.4, -0.2) is 31.7 Å². The molecule has 1 aromatic carbocycles. The lowest BCUT2D eigenvalue weighted by atomic mass is 10.1. The van der Waals surface area contributed by atoms with Crippen LogP contribution in [0.3, 0.4) is 0 Å². The number of aryl methyl sites for hydroxylation is 4. The van der Waals surface area contributed by atoms with Gasteiger partial charge in [-0.2, -0.15) is 0 Å². The summed E-state index contributed by atoms with van der Waals surface area (Å²) >= 11 is 2.68. The van der Waals surface area contributed by atoms with Gasteiger partial charge in [0.1, 0.15) is 10.5 Å². The van der Waals surface area contributed by atoms with Gasteiger partial charge in [-0.15, -0.1) is 11.3 Å². The fraction of sp³-hybridized carbons (Fsp3) is 0.280. The third kappa shape index (κ3) is 4.85. The van der Waals surface area contributed by atoms with Gasteiger partial charge in [0, 0.05) is 18.1 Å².